The van der Waals surface area contributed by atoms with E-state index in [1.54, 1.807) is 11.9 Å². The summed E-state index contributed by atoms with van der Waals surface area (Å²) < 4.78 is 5.28. The Labute approximate surface area is 125 Å². The monoisotopic (exact) mass is 296 g/mol. The van der Waals surface area contributed by atoms with Crippen LogP contribution < -0.4 is 0 Å². The molecule has 1 aliphatic carbocycles. The third-order valence-corrected chi connectivity index (χ3v) is 5.41. The summed E-state index contributed by atoms with van der Waals surface area (Å²) in [5, 5.41) is 9.24. The number of carboxylic acids is 1. The molecule has 1 saturated carbocycles. The van der Waals surface area contributed by atoms with Crippen LogP contribution in [0.2, 0.25) is 0 Å². The molecule has 3 rings (SSSR count). The molecular formula is C15H24N2O4. The van der Waals surface area contributed by atoms with Gasteiger partial charge in [0, 0.05) is 19.6 Å². The second-order valence-corrected chi connectivity index (χ2v) is 6.54. The van der Waals surface area contributed by atoms with Gasteiger partial charge in [-0.1, -0.05) is 6.42 Å². The van der Waals surface area contributed by atoms with Crippen LogP contribution in [0.5, 0.6) is 0 Å². The fraction of sp³-hybridized carbons (Fsp3) is 0.867. The Bertz CT molecular complexity index is 428. The lowest BCUT2D eigenvalue weighted by Crippen LogP contribution is -2.55. The van der Waals surface area contributed by atoms with Crippen molar-refractivity contribution < 1.29 is 19.4 Å². The lowest BCUT2D eigenvalue weighted by atomic mass is 9.92. The zero-order valence-corrected chi connectivity index (χ0v) is 12.5. The first-order chi connectivity index (χ1) is 10.1. The molecule has 118 valence electrons. The number of piperidine rings is 1. The van der Waals surface area contributed by atoms with Gasteiger partial charge in [-0.3, -0.25) is 4.79 Å². The number of amides is 2. The maximum absolute atomic E-state index is 12.8. The van der Waals surface area contributed by atoms with Gasteiger partial charge in [-0.05, 0) is 31.6 Å². The van der Waals surface area contributed by atoms with Crippen LogP contribution in [-0.4, -0.2) is 65.8 Å². The first-order valence-corrected chi connectivity index (χ1v) is 7.93. The molecule has 4 unspecified atom stereocenters. The van der Waals surface area contributed by atoms with Crippen LogP contribution in [0.1, 0.15) is 32.1 Å². The molecule has 0 aromatic rings. The topological polar surface area (TPSA) is 70.1 Å². The largest absolute Gasteiger partial charge is 0.481 e. The maximum atomic E-state index is 12.8. The van der Waals surface area contributed by atoms with Gasteiger partial charge in [0.25, 0.3) is 0 Å². The zero-order chi connectivity index (χ0) is 15.0. The number of urea groups is 1. The van der Waals surface area contributed by atoms with E-state index < -0.39 is 11.9 Å². The van der Waals surface area contributed by atoms with Gasteiger partial charge in [0.2, 0.25) is 0 Å². The standard InChI is InChI=1S/C15H24N2O4/c1-16(13-9-21-8-11(13)14(18)19)15(20)17-7-3-5-10-4-2-6-12(10)17/h10-13H,2-9H2,1H3,(H,18,19). The second kappa shape index (κ2) is 5.83. The molecule has 6 heteroatoms. The Hall–Kier alpha value is -1.30. The highest BCUT2D eigenvalue weighted by Crippen LogP contribution is 2.37. The van der Waals surface area contributed by atoms with Crippen molar-refractivity contribution in [3.8, 4) is 0 Å². The van der Waals surface area contributed by atoms with Crippen molar-refractivity contribution in [2.45, 2.75) is 44.2 Å². The molecule has 2 heterocycles. The van der Waals surface area contributed by atoms with Crippen molar-refractivity contribution >= 4 is 12.0 Å². The van der Waals surface area contributed by atoms with E-state index in [2.05, 4.69) is 0 Å². The van der Waals surface area contributed by atoms with Crippen LogP contribution in [0.25, 0.3) is 0 Å². The average Bonchev–Trinajstić information content (AvgIpc) is 3.13. The Morgan fingerprint density at radius 3 is 2.71 bits per heavy atom. The van der Waals surface area contributed by atoms with Crippen LogP contribution in [0.3, 0.4) is 0 Å². The summed E-state index contributed by atoms with van der Waals surface area (Å²) in [7, 11) is 1.72. The van der Waals surface area contributed by atoms with E-state index in [-0.39, 0.29) is 18.7 Å². The van der Waals surface area contributed by atoms with Crippen molar-refractivity contribution in [1.82, 2.24) is 9.80 Å². The number of carboxylic acid groups (broad SMARTS) is 1. The number of hydrogen-bond acceptors (Lipinski definition) is 3. The summed E-state index contributed by atoms with van der Waals surface area (Å²) in [6.45, 7) is 1.32. The highest BCUT2D eigenvalue weighted by molar-refractivity contribution is 5.77. The van der Waals surface area contributed by atoms with Crippen LogP contribution in [0.4, 0.5) is 4.79 Å². The van der Waals surface area contributed by atoms with Gasteiger partial charge in [0.1, 0.15) is 5.92 Å². The van der Waals surface area contributed by atoms with Gasteiger partial charge in [-0.25, -0.2) is 4.79 Å². The number of rotatable bonds is 2. The predicted octanol–water partition coefficient (Wildman–Crippen LogP) is 1.40. The number of likely N-dealkylation sites (N-methyl/N-ethyl adjacent to an activating group) is 1. The molecule has 0 bridgehead atoms. The van der Waals surface area contributed by atoms with E-state index in [4.69, 9.17) is 4.74 Å². The third-order valence-electron chi connectivity index (χ3n) is 5.41. The highest BCUT2D eigenvalue weighted by atomic mass is 16.5. The molecule has 0 aromatic carbocycles. The van der Waals surface area contributed by atoms with E-state index >= 15 is 0 Å². The molecular weight excluding hydrogens is 272 g/mol. The van der Waals surface area contributed by atoms with Crippen molar-refractivity contribution in [1.29, 1.82) is 0 Å². The van der Waals surface area contributed by atoms with Crippen LogP contribution in [0, 0.1) is 11.8 Å². The number of ether oxygens (including phenoxy) is 1. The molecule has 0 radical (unpaired) electrons. The normalized spacial score (nSPS) is 35.6. The van der Waals surface area contributed by atoms with Crippen molar-refractivity contribution in [2.24, 2.45) is 11.8 Å². The molecule has 1 N–H and O–H groups in total. The summed E-state index contributed by atoms with van der Waals surface area (Å²) >= 11 is 0. The smallest absolute Gasteiger partial charge is 0.320 e. The molecule has 4 atom stereocenters. The van der Waals surface area contributed by atoms with Gasteiger partial charge < -0.3 is 19.6 Å². The van der Waals surface area contributed by atoms with Gasteiger partial charge in [0.15, 0.2) is 0 Å². The average molecular weight is 296 g/mol. The third kappa shape index (κ3) is 2.61. The minimum absolute atomic E-state index is 0.0200. The van der Waals surface area contributed by atoms with Gasteiger partial charge in [0.05, 0.1) is 19.3 Å². The number of aliphatic carboxylic acids is 1. The molecule has 3 aliphatic rings. The molecule has 2 amide bonds. The summed E-state index contributed by atoms with van der Waals surface area (Å²) in [4.78, 5) is 27.7. The van der Waals surface area contributed by atoms with E-state index in [1.165, 1.54) is 19.3 Å². The lowest BCUT2D eigenvalue weighted by molar-refractivity contribution is -0.142. The number of nitrogens with zero attached hydrogens (tertiary/aromatic N) is 2. The first-order valence-electron chi connectivity index (χ1n) is 7.93. The molecule has 6 nitrogen and oxygen atoms in total. The number of carbonyl (C=O) groups excluding carboxylic acids is 1. The van der Waals surface area contributed by atoms with Gasteiger partial charge in [-0.2, -0.15) is 0 Å². The fourth-order valence-electron chi connectivity index (χ4n) is 4.20. The van der Waals surface area contributed by atoms with Gasteiger partial charge in [-0.15, -0.1) is 0 Å². The van der Waals surface area contributed by atoms with Gasteiger partial charge >= 0.3 is 12.0 Å². The number of hydrogen-bond donors (Lipinski definition) is 1. The minimum atomic E-state index is -0.880. The quantitative estimate of drug-likeness (QED) is 0.836. The lowest BCUT2D eigenvalue weighted by Gasteiger charge is -2.41. The zero-order valence-electron chi connectivity index (χ0n) is 12.5. The number of fused-ring (bicyclic) bond motifs is 1. The molecule has 0 spiro atoms. The SMILES string of the molecule is CN(C(=O)N1CCCC2CCCC21)C1COCC1C(=O)O. The predicted molar refractivity (Wildman–Crippen MR) is 76.0 cm³/mol. The maximum Gasteiger partial charge on any atom is 0.320 e. The van der Waals surface area contributed by atoms with E-state index in [0.717, 1.165) is 19.4 Å². The Kier molecular flexibility index (Phi) is 4.06. The molecule has 3 fully saturated rings. The fourth-order valence-corrected chi connectivity index (χ4v) is 4.20. The summed E-state index contributed by atoms with van der Waals surface area (Å²) in [6, 6.07) is -0.00979. The first kappa shape index (κ1) is 14.6. The molecule has 21 heavy (non-hydrogen) atoms. The Morgan fingerprint density at radius 2 is 1.95 bits per heavy atom. The minimum Gasteiger partial charge on any atom is -0.481 e. The number of carbonyl (C=O) groups is 2. The molecule has 2 aliphatic heterocycles. The Balaban J connectivity index is 1.70. The summed E-state index contributed by atoms with van der Waals surface area (Å²) in [5.41, 5.74) is 0. The van der Waals surface area contributed by atoms with Crippen LogP contribution >= 0.6 is 0 Å². The molecule has 0 aromatic heterocycles. The Morgan fingerprint density at radius 1 is 1.19 bits per heavy atom. The molecule has 2 saturated heterocycles. The van der Waals surface area contributed by atoms with Crippen LogP contribution in [-0.2, 0) is 9.53 Å². The van der Waals surface area contributed by atoms with Crippen LogP contribution in [0.15, 0.2) is 0 Å². The van der Waals surface area contributed by atoms with E-state index in [1.807, 2.05) is 4.90 Å². The second-order valence-electron chi connectivity index (χ2n) is 6.54. The summed E-state index contributed by atoms with van der Waals surface area (Å²) in [5.74, 6) is -0.844. The van der Waals surface area contributed by atoms with Crippen molar-refractivity contribution in [3.05, 3.63) is 0 Å². The van der Waals surface area contributed by atoms with Crippen molar-refractivity contribution in [3.63, 3.8) is 0 Å². The highest BCUT2D eigenvalue weighted by Gasteiger charge is 2.43. The van der Waals surface area contributed by atoms with Crippen molar-refractivity contribution in [2.75, 3.05) is 26.8 Å². The van der Waals surface area contributed by atoms with E-state index in [9.17, 15) is 14.7 Å². The number of likely N-dealkylation sites (tertiary alicyclic amines) is 1. The summed E-state index contributed by atoms with van der Waals surface area (Å²) in [6.07, 6.45) is 5.80. The van der Waals surface area contributed by atoms with E-state index in [0.29, 0.717) is 18.6 Å².